The number of carbonyl (C=O) groups is 1. The quantitative estimate of drug-likeness (QED) is 0.652. The van der Waals surface area contributed by atoms with Crippen molar-refractivity contribution < 1.29 is 14.6 Å². The molecule has 88 valence electrons. The van der Waals surface area contributed by atoms with Gasteiger partial charge in [-0.1, -0.05) is 0 Å². The van der Waals surface area contributed by atoms with E-state index in [0.29, 0.717) is 13.0 Å². The summed E-state index contributed by atoms with van der Waals surface area (Å²) in [4.78, 5) is 13.7. The molecule has 0 amide bonds. The molecule has 1 N–H and O–H groups in total. The van der Waals surface area contributed by atoms with Crippen LogP contribution in [-0.2, 0) is 9.53 Å². The molecule has 0 radical (unpaired) electrons. The summed E-state index contributed by atoms with van der Waals surface area (Å²) in [5, 5.41) is 9.73. The Labute approximate surface area is 91.2 Å². The lowest BCUT2D eigenvalue weighted by Crippen LogP contribution is -2.53. The molecule has 0 spiro atoms. The van der Waals surface area contributed by atoms with Gasteiger partial charge in [-0.25, -0.2) is 0 Å². The SMILES string of the molecule is COC(=O)[C@@H]1CN(C(C)(C)C)CC[C@@H]1O. The molecule has 1 saturated heterocycles. The van der Waals surface area contributed by atoms with Crippen LogP contribution in [0.1, 0.15) is 27.2 Å². The summed E-state index contributed by atoms with van der Waals surface area (Å²) in [5.74, 6) is -0.709. The van der Waals surface area contributed by atoms with Gasteiger partial charge in [0.15, 0.2) is 0 Å². The third kappa shape index (κ3) is 2.92. The molecule has 0 aliphatic carbocycles. The number of nitrogens with zero attached hydrogens (tertiary/aromatic N) is 1. The lowest BCUT2D eigenvalue weighted by Gasteiger charge is -2.42. The molecule has 0 aromatic rings. The van der Waals surface area contributed by atoms with Crippen LogP contribution in [0.15, 0.2) is 0 Å². The van der Waals surface area contributed by atoms with Gasteiger partial charge in [-0.3, -0.25) is 9.69 Å². The molecule has 0 bridgehead atoms. The second kappa shape index (κ2) is 4.49. The van der Waals surface area contributed by atoms with Gasteiger partial charge in [-0.15, -0.1) is 0 Å². The summed E-state index contributed by atoms with van der Waals surface area (Å²) in [6, 6.07) is 0. The first-order chi connectivity index (χ1) is 6.86. The van der Waals surface area contributed by atoms with Crippen LogP contribution in [0.2, 0.25) is 0 Å². The average molecular weight is 215 g/mol. The molecular weight excluding hydrogens is 194 g/mol. The van der Waals surface area contributed by atoms with Crippen molar-refractivity contribution in [2.75, 3.05) is 20.2 Å². The summed E-state index contributed by atoms with van der Waals surface area (Å²) in [6.45, 7) is 7.74. The molecule has 4 nitrogen and oxygen atoms in total. The van der Waals surface area contributed by atoms with Crippen LogP contribution < -0.4 is 0 Å². The number of hydrogen-bond donors (Lipinski definition) is 1. The molecule has 0 aromatic heterocycles. The standard InChI is InChI=1S/C11H21NO3/c1-11(2,3)12-6-5-9(13)8(7-12)10(14)15-4/h8-9,13H,5-7H2,1-4H3/t8-,9+/m1/s1. The number of ether oxygens (including phenoxy) is 1. The lowest BCUT2D eigenvalue weighted by atomic mass is 9.91. The maximum absolute atomic E-state index is 11.4. The van der Waals surface area contributed by atoms with Gasteiger partial charge in [-0.2, -0.15) is 0 Å². The van der Waals surface area contributed by atoms with Crippen LogP contribution in [0.25, 0.3) is 0 Å². The van der Waals surface area contributed by atoms with Crippen molar-refractivity contribution in [1.82, 2.24) is 4.90 Å². The van der Waals surface area contributed by atoms with E-state index >= 15 is 0 Å². The number of piperidine rings is 1. The molecule has 1 rings (SSSR count). The second-order valence-electron chi connectivity index (χ2n) is 5.10. The highest BCUT2D eigenvalue weighted by molar-refractivity contribution is 5.73. The first-order valence-electron chi connectivity index (χ1n) is 5.37. The highest BCUT2D eigenvalue weighted by Crippen LogP contribution is 2.24. The minimum atomic E-state index is -0.559. The molecule has 0 aromatic carbocycles. The Morgan fingerprint density at radius 1 is 1.47 bits per heavy atom. The molecule has 0 unspecified atom stereocenters. The van der Waals surface area contributed by atoms with Gasteiger partial charge >= 0.3 is 5.97 Å². The Balaban J connectivity index is 2.68. The average Bonchev–Trinajstić information content (AvgIpc) is 2.15. The van der Waals surface area contributed by atoms with E-state index in [1.165, 1.54) is 7.11 Å². The van der Waals surface area contributed by atoms with E-state index in [2.05, 4.69) is 25.7 Å². The van der Waals surface area contributed by atoms with E-state index in [-0.39, 0.29) is 11.5 Å². The molecule has 1 fully saturated rings. The summed E-state index contributed by atoms with van der Waals surface area (Å²) in [7, 11) is 1.37. The van der Waals surface area contributed by atoms with E-state index in [9.17, 15) is 9.90 Å². The third-order valence-corrected chi connectivity index (χ3v) is 3.03. The molecule has 15 heavy (non-hydrogen) atoms. The first kappa shape index (κ1) is 12.5. The van der Waals surface area contributed by atoms with E-state index in [1.807, 2.05) is 0 Å². The summed E-state index contributed by atoms with van der Waals surface area (Å²) in [6.07, 6.45) is 0.0767. The predicted octanol–water partition coefficient (Wildman–Crippen LogP) is 0.641. The highest BCUT2D eigenvalue weighted by atomic mass is 16.5. The van der Waals surface area contributed by atoms with Crippen molar-refractivity contribution in [3.63, 3.8) is 0 Å². The zero-order valence-corrected chi connectivity index (χ0v) is 9.99. The number of methoxy groups -OCH3 is 1. The minimum absolute atomic E-state index is 0.0341. The largest absolute Gasteiger partial charge is 0.469 e. The first-order valence-corrected chi connectivity index (χ1v) is 5.37. The van der Waals surface area contributed by atoms with Crippen LogP contribution in [0.5, 0.6) is 0 Å². The number of aliphatic hydroxyl groups excluding tert-OH is 1. The predicted molar refractivity (Wildman–Crippen MR) is 57.5 cm³/mol. The van der Waals surface area contributed by atoms with Crippen molar-refractivity contribution in [2.45, 2.75) is 38.8 Å². The smallest absolute Gasteiger partial charge is 0.312 e. The van der Waals surface area contributed by atoms with Crippen molar-refractivity contribution in [3.8, 4) is 0 Å². The van der Waals surface area contributed by atoms with E-state index < -0.39 is 12.0 Å². The maximum atomic E-state index is 11.4. The molecule has 0 saturated carbocycles. The Hall–Kier alpha value is -0.610. The van der Waals surface area contributed by atoms with Crippen molar-refractivity contribution in [2.24, 2.45) is 5.92 Å². The van der Waals surface area contributed by atoms with Crippen LogP contribution in [0.4, 0.5) is 0 Å². The van der Waals surface area contributed by atoms with Crippen LogP contribution in [0.3, 0.4) is 0 Å². The van der Waals surface area contributed by atoms with Gasteiger partial charge in [-0.05, 0) is 27.2 Å². The number of aliphatic hydroxyl groups is 1. The summed E-state index contributed by atoms with van der Waals surface area (Å²) < 4.78 is 4.70. The zero-order chi connectivity index (χ0) is 11.6. The number of rotatable bonds is 1. The van der Waals surface area contributed by atoms with Gasteiger partial charge in [0.2, 0.25) is 0 Å². The van der Waals surface area contributed by atoms with Crippen molar-refractivity contribution in [1.29, 1.82) is 0 Å². The fraction of sp³-hybridized carbons (Fsp3) is 0.909. The fourth-order valence-corrected chi connectivity index (χ4v) is 1.93. The van der Waals surface area contributed by atoms with E-state index in [1.54, 1.807) is 0 Å². The second-order valence-corrected chi connectivity index (χ2v) is 5.10. The molecule has 2 atom stereocenters. The van der Waals surface area contributed by atoms with E-state index in [0.717, 1.165) is 6.54 Å². The number of carbonyl (C=O) groups excluding carboxylic acids is 1. The fourth-order valence-electron chi connectivity index (χ4n) is 1.93. The van der Waals surface area contributed by atoms with Gasteiger partial charge < -0.3 is 9.84 Å². The van der Waals surface area contributed by atoms with Crippen molar-refractivity contribution >= 4 is 5.97 Å². The number of hydrogen-bond acceptors (Lipinski definition) is 4. The number of likely N-dealkylation sites (tertiary alicyclic amines) is 1. The summed E-state index contributed by atoms with van der Waals surface area (Å²) in [5.41, 5.74) is 0.0341. The monoisotopic (exact) mass is 215 g/mol. The molecule has 1 aliphatic rings. The van der Waals surface area contributed by atoms with Gasteiger partial charge in [0.05, 0.1) is 19.1 Å². The van der Waals surface area contributed by atoms with Gasteiger partial charge in [0.25, 0.3) is 0 Å². The minimum Gasteiger partial charge on any atom is -0.469 e. The van der Waals surface area contributed by atoms with Crippen LogP contribution >= 0.6 is 0 Å². The Kier molecular flexibility index (Phi) is 3.73. The maximum Gasteiger partial charge on any atom is 0.312 e. The molecular formula is C11H21NO3. The van der Waals surface area contributed by atoms with Gasteiger partial charge in [0.1, 0.15) is 0 Å². The molecule has 1 aliphatic heterocycles. The Morgan fingerprint density at radius 2 is 2.07 bits per heavy atom. The summed E-state index contributed by atoms with van der Waals surface area (Å²) >= 11 is 0. The normalized spacial score (nSPS) is 28.9. The Morgan fingerprint density at radius 3 is 2.53 bits per heavy atom. The van der Waals surface area contributed by atoms with Crippen molar-refractivity contribution in [3.05, 3.63) is 0 Å². The lowest BCUT2D eigenvalue weighted by molar-refractivity contribution is -0.153. The van der Waals surface area contributed by atoms with E-state index in [4.69, 9.17) is 4.74 Å². The van der Waals surface area contributed by atoms with Crippen LogP contribution in [0, 0.1) is 5.92 Å². The number of esters is 1. The third-order valence-electron chi connectivity index (χ3n) is 3.03. The molecule has 4 heteroatoms. The van der Waals surface area contributed by atoms with Crippen LogP contribution in [-0.4, -0.2) is 47.8 Å². The Bertz CT molecular complexity index is 234. The van der Waals surface area contributed by atoms with Gasteiger partial charge in [0, 0.05) is 18.6 Å². The zero-order valence-electron chi connectivity index (χ0n) is 9.99. The molecule has 1 heterocycles. The topological polar surface area (TPSA) is 49.8 Å². The highest BCUT2D eigenvalue weighted by Gasteiger charge is 2.37.